The van der Waals surface area contributed by atoms with E-state index < -0.39 is 0 Å². The highest BCUT2D eigenvalue weighted by atomic mass is 35.5. The first kappa shape index (κ1) is 21.1. The lowest BCUT2D eigenvalue weighted by atomic mass is 10.1. The molecule has 0 spiro atoms. The average Bonchev–Trinajstić information content (AvgIpc) is 2.68. The molecule has 0 aliphatic heterocycles. The first-order valence-electron chi connectivity index (χ1n) is 8.47. The van der Waals surface area contributed by atoms with E-state index in [1.165, 1.54) is 11.8 Å². The third-order valence-electron chi connectivity index (χ3n) is 3.87. The summed E-state index contributed by atoms with van der Waals surface area (Å²) in [4.78, 5) is 12.0. The summed E-state index contributed by atoms with van der Waals surface area (Å²) in [5.74, 6) is 2.26. The van der Waals surface area contributed by atoms with Crippen LogP contribution in [0, 0.1) is 0 Å². The second-order valence-electron chi connectivity index (χ2n) is 5.60. The van der Waals surface area contributed by atoms with Gasteiger partial charge in [0.1, 0.15) is 11.5 Å². The number of hydrogen-bond donors (Lipinski definition) is 1. The molecule has 0 aromatic heterocycles. The van der Waals surface area contributed by atoms with Crippen molar-refractivity contribution in [1.82, 2.24) is 5.43 Å². The van der Waals surface area contributed by atoms with E-state index in [1.807, 2.05) is 43.3 Å². The molecule has 144 valence electrons. The number of benzene rings is 2. The zero-order valence-corrected chi connectivity index (χ0v) is 17.2. The number of carbonyl (C=O) groups excluding carboxylic acids is 1. The number of rotatable bonds is 9. The number of methoxy groups -OCH3 is 2. The molecule has 7 heteroatoms. The Labute approximate surface area is 169 Å². The molecule has 0 atom stereocenters. The molecule has 0 aliphatic carbocycles. The van der Waals surface area contributed by atoms with Crippen molar-refractivity contribution in [2.24, 2.45) is 5.10 Å². The molecule has 1 N–H and O–H groups in total. The summed E-state index contributed by atoms with van der Waals surface area (Å²) in [5, 5.41) is 4.75. The van der Waals surface area contributed by atoms with Crippen LogP contribution in [0.5, 0.6) is 11.5 Å². The number of hydrogen-bond acceptors (Lipinski definition) is 5. The number of nitrogens with one attached hydrogen (secondary N) is 1. The summed E-state index contributed by atoms with van der Waals surface area (Å²) in [6, 6.07) is 11.3. The van der Waals surface area contributed by atoms with Crippen LogP contribution in [0.1, 0.15) is 23.6 Å². The molecule has 2 rings (SSSR count). The standard InChI is InChI=1S/C20H23ClN2O3S/c1-4-16-18(25-2)10-9-14(20(16)26-3)11-22-23-19(24)13-27-12-15-7-5-6-8-17(15)21/h5-11H,4,12-13H2,1-3H3,(H,23,24)/b22-11-. The van der Waals surface area contributed by atoms with Crippen LogP contribution in [0.2, 0.25) is 5.02 Å². The smallest absolute Gasteiger partial charge is 0.250 e. The summed E-state index contributed by atoms with van der Waals surface area (Å²) < 4.78 is 10.9. The van der Waals surface area contributed by atoms with Gasteiger partial charge in [-0.05, 0) is 30.2 Å². The van der Waals surface area contributed by atoms with Crippen LogP contribution in [-0.2, 0) is 17.0 Å². The fourth-order valence-corrected chi connectivity index (χ4v) is 3.68. The van der Waals surface area contributed by atoms with Gasteiger partial charge in [-0.3, -0.25) is 4.79 Å². The van der Waals surface area contributed by atoms with E-state index in [2.05, 4.69) is 10.5 Å². The van der Waals surface area contributed by atoms with Crippen molar-refractivity contribution in [3.8, 4) is 11.5 Å². The van der Waals surface area contributed by atoms with Crippen molar-refractivity contribution in [1.29, 1.82) is 0 Å². The molecule has 2 aromatic rings. The first-order chi connectivity index (χ1) is 13.1. The van der Waals surface area contributed by atoms with Crippen molar-refractivity contribution in [2.45, 2.75) is 19.1 Å². The Hall–Kier alpha value is -2.18. The molecular weight excluding hydrogens is 384 g/mol. The van der Waals surface area contributed by atoms with E-state index >= 15 is 0 Å². The highest BCUT2D eigenvalue weighted by Gasteiger charge is 2.12. The lowest BCUT2D eigenvalue weighted by Crippen LogP contribution is -2.19. The van der Waals surface area contributed by atoms with Crippen molar-refractivity contribution in [3.05, 3.63) is 58.1 Å². The van der Waals surface area contributed by atoms with Crippen LogP contribution in [0.15, 0.2) is 41.5 Å². The van der Waals surface area contributed by atoms with Crippen LogP contribution in [0.25, 0.3) is 0 Å². The van der Waals surface area contributed by atoms with Gasteiger partial charge in [0.25, 0.3) is 0 Å². The third-order valence-corrected chi connectivity index (χ3v) is 5.22. The lowest BCUT2D eigenvalue weighted by molar-refractivity contribution is -0.118. The molecule has 0 saturated carbocycles. The Kier molecular flexibility index (Phi) is 8.48. The number of carbonyl (C=O) groups is 1. The maximum Gasteiger partial charge on any atom is 0.250 e. The summed E-state index contributed by atoms with van der Waals surface area (Å²) in [7, 11) is 3.23. The molecule has 0 radical (unpaired) electrons. The highest BCUT2D eigenvalue weighted by Crippen LogP contribution is 2.31. The van der Waals surface area contributed by atoms with E-state index in [9.17, 15) is 4.79 Å². The zero-order valence-electron chi connectivity index (χ0n) is 15.6. The highest BCUT2D eigenvalue weighted by molar-refractivity contribution is 7.99. The Morgan fingerprint density at radius 2 is 2.00 bits per heavy atom. The van der Waals surface area contributed by atoms with Gasteiger partial charge in [-0.1, -0.05) is 36.7 Å². The van der Waals surface area contributed by atoms with Crippen molar-refractivity contribution < 1.29 is 14.3 Å². The monoisotopic (exact) mass is 406 g/mol. The largest absolute Gasteiger partial charge is 0.496 e. The molecule has 2 aromatic carbocycles. The number of amides is 1. The van der Waals surface area contributed by atoms with Crippen molar-refractivity contribution in [3.63, 3.8) is 0 Å². The summed E-state index contributed by atoms with van der Waals surface area (Å²) >= 11 is 7.59. The van der Waals surface area contributed by atoms with Gasteiger partial charge >= 0.3 is 0 Å². The number of nitrogens with zero attached hydrogens (tertiary/aromatic N) is 1. The van der Waals surface area contributed by atoms with Gasteiger partial charge in [0.15, 0.2) is 0 Å². The Bertz CT molecular complexity index is 812. The second kappa shape index (κ2) is 10.8. The first-order valence-corrected chi connectivity index (χ1v) is 10.0. The van der Waals surface area contributed by atoms with E-state index in [1.54, 1.807) is 20.4 Å². The minimum Gasteiger partial charge on any atom is -0.496 e. The van der Waals surface area contributed by atoms with Crippen molar-refractivity contribution >= 4 is 35.5 Å². The van der Waals surface area contributed by atoms with Crippen LogP contribution >= 0.6 is 23.4 Å². The topological polar surface area (TPSA) is 59.9 Å². The predicted molar refractivity (Wildman–Crippen MR) is 112 cm³/mol. The predicted octanol–water partition coefficient (Wildman–Crippen LogP) is 4.30. The van der Waals surface area contributed by atoms with Crippen LogP contribution in [0.4, 0.5) is 0 Å². The Morgan fingerprint density at radius 3 is 2.67 bits per heavy atom. The quantitative estimate of drug-likeness (QED) is 0.498. The summed E-state index contributed by atoms with van der Waals surface area (Å²) in [5.41, 5.74) is 5.29. The average molecular weight is 407 g/mol. The normalized spacial score (nSPS) is 10.8. The molecule has 1 amide bonds. The van der Waals surface area contributed by atoms with E-state index in [4.69, 9.17) is 21.1 Å². The van der Waals surface area contributed by atoms with E-state index in [-0.39, 0.29) is 5.91 Å². The lowest BCUT2D eigenvalue weighted by Gasteiger charge is -2.13. The van der Waals surface area contributed by atoms with Gasteiger partial charge in [0.2, 0.25) is 5.91 Å². The number of ether oxygens (including phenoxy) is 2. The van der Waals surface area contributed by atoms with E-state index in [0.29, 0.717) is 22.3 Å². The van der Waals surface area contributed by atoms with Gasteiger partial charge in [-0.2, -0.15) is 5.10 Å². The van der Waals surface area contributed by atoms with Crippen LogP contribution in [0.3, 0.4) is 0 Å². The van der Waals surface area contributed by atoms with E-state index in [0.717, 1.165) is 28.9 Å². The SMILES string of the molecule is CCc1c(OC)ccc(/C=N\NC(=O)CSCc2ccccc2Cl)c1OC. The van der Waals surface area contributed by atoms with Gasteiger partial charge in [0.05, 0.1) is 26.2 Å². The molecule has 0 saturated heterocycles. The summed E-state index contributed by atoms with van der Waals surface area (Å²) in [6.45, 7) is 2.03. The molecule has 0 fully saturated rings. The molecule has 0 heterocycles. The second-order valence-corrected chi connectivity index (χ2v) is 6.99. The molecule has 27 heavy (non-hydrogen) atoms. The fourth-order valence-electron chi connectivity index (χ4n) is 2.57. The van der Waals surface area contributed by atoms with Crippen molar-refractivity contribution in [2.75, 3.05) is 20.0 Å². The van der Waals surface area contributed by atoms with Gasteiger partial charge in [-0.25, -0.2) is 5.43 Å². The third kappa shape index (κ3) is 5.91. The Morgan fingerprint density at radius 1 is 1.22 bits per heavy atom. The van der Waals surface area contributed by atoms with Gasteiger partial charge in [-0.15, -0.1) is 11.8 Å². The molecule has 0 bridgehead atoms. The van der Waals surface area contributed by atoms with Gasteiger partial charge in [0, 0.05) is 21.9 Å². The molecular formula is C20H23ClN2O3S. The minimum atomic E-state index is -0.175. The van der Waals surface area contributed by atoms with Crippen LogP contribution in [-0.4, -0.2) is 32.1 Å². The fraction of sp³-hybridized carbons (Fsp3) is 0.300. The maximum absolute atomic E-state index is 12.0. The molecule has 5 nitrogen and oxygen atoms in total. The molecule has 0 unspecified atom stereocenters. The number of hydrazone groups is 1. The summed E-state index contributed by atoms with van der Waals surface area (Å²) in [6.07, 6.45) is 2.34. The van der Waals surface area contributed by atoms with Crippen LogP contribution < -0.4 is 14.9 Å². The van der Waals surface area contributed by atoms with Gasteiger partial charge < -0.3 is 9.47 Å². The number of halogens is 1. The molecule has 0 aliphatic rings. The maximum atomic E-state index is 12.0. The zero-order chi connectivity index (χ0) is 19.6. The number of thioether (sulfide) groups is 1. The Balaban J connectivity index is 1.91. The minimum absolute atomic E-state index is 0.175.